The molecule has 0 saturated carbocycles. The number of halogens is 1. The number of nitriles is 1. The maximum Gasteiger partial charge on any atom is 0.226 e. The maximum atomic E-state index is 11.9. The Labute approximate surface area is 151 Å². The predicted octanol–water partition coefficient (Wildman–Crippen LogP) is 3.22. The third kappa shape index (κ3) is 5.01. The molecule has 25 heavy (non-hydrogen) atoms. The summed E-state index contributed by atoms with van der Waals surface area (Å²) in [6.45, 7) is 7.41. The summed E-state index contributed by atoms with van der Waals surface area (Å²) in [5.74, 6) is 0.185. The molecular formula is C15H19ClN6O2S. The summed E-state index contributed by atoms with van der Waals surface area (Å²) in [6.07, 6.45) is 4.36. The van der Waals surface area contributed by atoms with Crippen LogP contribution in [0.2, 0.25) is 5.28 Å². The Morgan fingerprint density at radius 1 is 1.36 bits per heavy atom. The molecule has 0 spiro atoms. The first-order valence-corrected chi connectivity index (χ1v) is 9.66. The minimum Gasteiger partial charge on any atom is -0.340 e. The van der Waals surface area contributed by atoms with E-state index in [1.807, 2.05) is 19.9 Å². The van der Waals surface area contributed by atoms with Crippen LogP contribution in [0.15, 0.2) is 28.4 Å². The largest absolute Gasteiger partial charge is 0.340 e. The van der Waals surface area contributed by atoms with E-state index < -0.39 is 9.84 Å². The van der Waals surface area contributed by atoms with Crippen LogP contribution < -0.4 is 5.32 Å². The minimum absolute atomic E-state index is 0.0806. The first kappa shape index (κ1) is 20.6. The molecule has 0 aromatic carbocycles. The molecule has 2 N–H and O–H groups in total. The number of rotatable bonds is 4. The molecule has 0 aliphatic rings. The zero-order valence-electron chi connectivity index (χ0n) is 14.5. The van der Waals surface area contributed by atoms with Crippen molar-refractivity contribution < 1.29 is 8.42 Å². The van der Waals surface area contributed by atoms with Gasteiger partial charge < -0.3 is 5.32 Å². The smallest absolute Gasteiger partial charge is 0.226 e. The molecule has 2 heterocycles. The highest BCUT2D eigenvalue weighted by Crippen LogP contribution is 2.28. The Kier molecular flexibility index (Phi) is 7.09. The third-order valence-electron chi connectivity index (χ3n) is 2.85. The molecule has 0 aliphatic carbocycles. The number of nitrogens with zero attached hydrogens (tertiary/aromatic N) is 4. The molecule has 0 fully saturated rings. The Morgan fingerprint density at radius 2 is 2.00 bits per heavy atom. The lowest BCUT2D eigenvalue weighted by atomic mass is 10.2. The lowest BCUT2D eigenvalue weighted by molar-refractivity contribution is 0.598. The predicted molar refractivity (Wildman–Crippen MR) is 97.9 cm³/mol. The number of fused-ring (bicyclic) bond motifs is 1. The summed E-state index contributed by atoms with van der Waals surface area (Å²) in [5, 5.41) is 18.1. The Balaban J connectivity index is 0.00000151. The van der Waals surface area contributed by atoms with Gasteiger partial charge in [0.25, 0.3) is 0 Å². The van der Waals surface area contributed by atoms with Gasteiger partial charge in [0.15, 0.2) is 20.5 Å². The molecule has 2 aromatic heterocycles. The molecule has 0 amide bonds. The van der Waals surface area contributed by atoms with E-state index in [-0.39, 0.29) is 27.2 Å². The lowest BCUT2D eigenvalue weighted by Crippen LogP contribution is -2.04. The van der Waals surface area contributed by atoms with Gasteiger partial charge in [0.05, 0.1) is 6.07 Å². The number of nitrogens with one attached hydrogen (secondary N) is 2. The fraction of sp³-hybridized carbons (Fsp3) is 0.333. The van der Waals surface area contributed by atoms with Crippen molar-refractivity contribution in [2.24, 2.45) is 0 Å². The van der Waals surface area contributed by atoms with Gasteiger partial charge >= 0.3 is 0 Å². The number of hydrogen-bond acceptors (Lipinski definition) is 7. The number of aromatic amines is 1. The molecule has 0 unspecified atom stereocenters. The molecule has 134 valence electrons. The molecule has 10 heteroatoms. The van der Waals surface area contributed by atoms with Gasteiger partial charge in [-0.25, -0.2) is 8.42 Å². The van der Waals surface area contributed by atoms with E-state index in [2.05, 4.69) is 25.5 Å². The quantitative estimate of drug-likeness (QED) is 0.472. The van der Waals surface area contributed by atoms with Crippen molar-refractivity contribution >= 4 is 38.3 Å². The topological polar surface area (TPSA) is 124 Å². The first-order valence-electron chi connectivity index (χ1n) is 7.39. The Hall–Kier alpha value is -2.44. The van der Waals surface area contributed by atoms with Crippen LogP contribution in [0.5, 0.6) is 0 Å². The highest BCUT2D eigenvalue weighted by atomic mass is 35.5. The average Bonchev–Trinajstić information content (AvgIpc) is 2.99. The van der Waals surface area contributed by atoms with E-state index in [4.69, 9.17) is 16.9 Å². The van der Waals surface area contributed by atoms with Crippen LogP contribution in [0.4, 0.5) is 5.82 Å². The number of aromatic nitrogens is 4. The summed E-state index contributed by atoms with van der Waals surface area (Å²) < 4.78 is 23.7. The van der Waals surface area contributed by atoms with Gasteiger partial charge in [-0.3, -0.25) is 5.10 Å². The monoisotopic (exact) mass is 382 g/mol. The van der Waals surface area contributed by atoms with Gasteiger partial charge in [0.1, 0.15) is 11.2 Å². The van der Waals surface area contributed by atoms with Crippen molar-refractivity contribution in [3.8, 4) is 6.07 Å². The average molecular weight is 383 g/mol. The van der Waals surface area contributed by atoms with Crippen LogP contribution in [-0.4, -0.2) is 34.8 Å². The van der Waals surface area contributed by atoms with Crippen LogP contribution in [-0.2, 0) is 9.84 Å². The summed E-state index contributed by atoms with van der Waals surface area (Å²) in [6, 6.07) is 2.00. The summed E-state index contributed by atoms with van der Waals surface area (Å²) in [5.41, 5.74) is 1.16. The van der Waals surface area contributed by atoms with Crippen LogP contribution in [0.25, 0.3) is 11.0 Å². The van der Waals surface area contributed by atoms with Crippen LogP contribution >= 0.6 is 11.6 Å². The molecule has 0 atom stereocenters. The fourth-order valence-electron chi connectivity index (χ4n) is 1.82. The van der Waals surface area contributed by atoms with Crippen molar-refractivity contribution in [2.75, 3.05) is 11.6 Å². The number of allylic oxidation sites excluding steroid dienone is 3. The molecule has 0 radical (unpaired) electrons. The summed E-state index contributed by atoms with van der Waals surface area (Å²) in [4.78, 5) is 7.94. The van der Waals surface area contributed by atoms with Gasteiger partial charge in [-0.2, -0.15) is 20.3 Å². The summed E-state index contributed by atoms with van der Waals surface area (Å²) in [7, 11) is -3.56. The van der Waals surface area contributed by atoms with Crippen molar-refractivity contribution in [1.82, 2.24) is 20.2 Å². The normalized spacial score (nSPS) is 12.4. The lowest BCUT2D eigenvalue weighted by Gasteiger charge is -2.08. The SMILES string of the molecule is C/C=C(\C=C(/C)C#N)Nc1nc(Cl)nc2n[nH]c(S(C)(=O)=O)c12.CC. The van der Waals surface area contributed by atoms with Crippen molar-refractivity contribution in [1.29, 1.82) is 5.26 Å². The number of sulfone groups is 1. The molecule has 0 aliphatic heterocycles. The highest BCUT2D eigenvalue weighted by molar-refractivity contribution is 7.90. The van der Waals surface area contributed by atoms with E-state index >= 15 is 0 Å². The maximum absolute atomic E-state index is 11.9. The fourth-order valence-corrected chi connectivity index (χ4v) is 2.76. The van der Waals surface area contributed by atoms with E-state index in [0.717, 1.165) is 6.26 Å². The van der Waals surface area contributed by atoms with E-state index in [9.17, 15) is 8.42 Å². The number of anilines is 1. The second kappa shape index (κ2) is 8.60. The van der Waals surface area contributed by atoms with Gasteiger partial charge in [-0.05, 0) is 31.5 Å². The zero-order valence-corrected chi connectivity index (χ0v) is 16.1. The standard InChI is InChI=1S/C13H13ClN6O2S.C2H6/c1-4-8(5-7(2)6-15)16-10-9-11(18-13(14)17-10)19-20-12(9)23(3,21)22;1-2/h4-5H,1-3H3,(H2,16,17,18,19,20);1-2H3/b7-5+,8-4+;. The molecule has 2 aromatic rings. The number of hydrogen-bond donors (Lipinski definition) is 2. The van der Waals surface area contributed by atoms with Gasteiger partial charge in [-0.15, -0.1) is 0 Å². The van der Waals surface area contributed by atoms with E-state index in [1.165, 1.54) is 0 Å². The summed E-state index contributed by atoms with van der Waals surface area (Å²) >= 11 is 5.85. The van der Waals surface area contributed by atoms with Crippen LogP contribution in [0, 0.1) is 11.3 Å². The van der Waals surface area contributed by atoms with E-state index in [0.29, 0.717) is 11.3 Å². The van der Waals surface area contributed by atoms with Crippen LogP contribution in [0.1, 0.15) is 27.7 Å². The molecule has 0 bridgehead atoms. The molecule has 0 saturated heterocycles. The van der Waals surface area contributed by atoms with Gasteiger partial charge in [0.2, 0.25) is 5.28 Å². The van der Waals surface area contributed by atoms with E-state index in [1.54, 1.807) is 26.0 Å². The Morgan fingerprint density at radius 3 is 2.52 bits per heavy atom. The first-order chi connectivity index (χ1) is 11.8. The molecule has 2 rings (SSSR count). The van der Waals surface area contributed by atoms with Crippen LogP contribution in [0.3, 0.4) is 0 Å². The second-order valence-electron chi connectivity index (χ2n) is 4.67. The molecule has 8 nitrogen and oxygen atoms in total. The highest BCUT2D eigenvalue weighted by Gasteiger charge is 2.21. The van der Waals surface area contributed by atoms with Crippen molar-refractivity contribution in [3.63, 3.8) is 0 Å². The molecular weight excluding hydrogens is 364 g/mol. The Bertz CT molecular complexity index is 970. The second-order valence-corrected chi connectivity index (χ2v) is 6.96. The van der Waals surface area contributed by atoms with Crippen molar-refractivity contribution in [3.05, 3.63) is 28.7 Å². The number of H-pyrrole nitrogens is 1. The zero-order chi connectivity index (χ0) is 19.2. The van der Waals surface area contributed by atoms with Gasteiger partial charge in [-0.1, -0.05) is 19.9 Å². The third-order valence-corrected chi connectivity index (χ3v) is 4.05. The minimum atomic E-state index is -3.56. The van der Waals surface area contributed by atoms with Crippen molar-refractivity contribution in [2.45, 2.75) is 32.7 Å². The van der Waals surface area contributed by atoms with Gasteiger partial charge in [0, 0.05) is 17.5 Å².